The van der Waals surface area contributed by atoms with E-state index in [1.54, 1.807) is 0 Å². The number of benzene rings is 1. The van der Waals surface area contributed by atoms with Gasteiger partial charge in [-0.2, -0.15) is 0 Å². The third-order valence-electron chi connectivity index (χ3n) is 3.51. The Morgan fingerprint density at radius 3 is 2.70 bits per heavy atom. The number of ether oxygens (including phenoxy) is 2. The molecule has 1 aromatic carbocycles. The predicted octanol–water partition coefficient (Wildman–Crippen LogP) is 1.95. The van der Waals surface area contributed by atoms with Crippen LogP contribution in [0, 0.1) is 5.92 Å². The third-order valence-corrected chi connectivity index (χ3v) is 3.51. The molecular formula is C15H22ClNO3. The fourth-order valence-electron chi connectivity index (χ4n) is 2.21. The van der Waals surface area contributed by atoms with Crippen LogP contribution in [0.2, 0.25) is 0 Å². The molecule has 1 fully saturated rings. The van der Waals surface area contributed by atoms with Crippen LogP contribution in [-0.4, -0.2) is 31.3 Å². The van der Waals surface area contributed by atoms with E-state index in [1.807, 2.05) is 25.1 Å². The molecule has 0 bridgehead atoms. The topological polar surface area (TPSA) is 61.5 Å². The molecule has 1 heterocycles. The van der Waals surface area contributed by atoms with Crippen molar-refractivity contribution >= 4 is 18.4 Å². The number of nitrogens with two attached hydrogens (primary N) is 1. The van der Waals surface area contributed by atoms with Gasteiger partial charge in [0, 0.05) is 12.5 Å². The molecule has 1 aliphatic rings. The highest BCUT2D eigenvalue weighted by atomic mass is 35.5. The molecule has 5 heteroatoms. The van der Waals surface area contributed by atoms with Gasteiger partial charge in [-0.25, -0.2) is 0 Å². The normalized spacial score (nSPS) is 27.5. The molecule has 0 amide bonds. The minimum absolute atomic E-state index is 0. The highest BCUT2D eigenvalue weighted by Crippen LogP contribution is 2.18. The van der Waals surface area contributed by atoms with E-state index < -0.39 is 6.04 Å². The van der Waals surface area contributed by atoms with Crippen LogP contribution in [0.1, 0.15) is 18.9 Å². The van der Waals surface area contributed by atoms with Gasteiger partial charge in [0.25, 0.3) is 0 Å². The van der Waals surface area contributed by atoms with E-state index in [4.69, 9.17) is 15.2 Å². The summed E-state index contributed by atoms with van der Waals surface area (Å²) in [6, 6.07) is 9.60. The van der Waals surface area contributed by atoms with Crippen molar-refractivity contribution in [2.75, 3.05) is 13.2 Å². The van der Waals surface area contributed by atoms with E-state index in [9.17, 15) is 4.79 Å². The zero-order valence-corrected chi connectivity index (χ0v) is 12.5. The summed E-state index contributed by atoms with van der Waals surface area (Å²) in [5.74, 6) is -0.160. The van der Waals surface area contributed by atoms with E-state index in [0.717, 1.165) is 6.42 Å². The number of halogens is 1. The van der Waals surface area contributed by atoms with Crippen molar-refractivity contribution in [3.63, 3.8) is 0 Å². The van der Waals surface area contributed by atoms with Crippen molar-refractivity contribution in [3.05, 3.63) is 35.9 Å². The summed E-state index contributed by atoms with van der Waals surface area (Å²) in [5, 5.41) is 0. The Kier molecular flexibility index (Phi) is 6.99. The molecular weight excluding hydrogens is 278 g/mol. The summed E-state index contributed by atoms with van der Waals surface area (Å²) in [5.41, 5.74) is 6.95. The minimum atomic E-state index is -0.571. The number of hydrogen-bond acceptors (Lipinski definition) is 4. The van der Waals surface area contributed by atoms with Gasteiger partial charge in [0.15, 0.2) is 0 Å². The summed E-state index contributed by atoms with van der Waals surface area (Å²) in [6.45, 7) is 3.01. The second-order valence-corrected chi connectivity index (χ2v) is 5.06. The molecule has 0 saturated carbocycles. The zero-order chi connectivity index (χ0) is 13.7. The lowest BCUT2D eigenvalue weighted by Gasteiger charge is -2.23. The monoisotopic (exact) mass is 299 g/mol. The molecule has 3 atom stereocenters. The van der Waals surface area contributed by atoms with Gasteiger partial charge >= 0.3 is 5.97 Å². The molecule has 2 N–H and O–H groups in total. The molecule has 1 aromatic rings. The largest absolute Gasteiger partial charge is 0.461 e. The highest BCUT2D eigenvalue weighted by molar-refractivity contribution is 5.85. The molecule has 0 spiro atoms. The Bertz CT molecular complexity index is 413. The number of cyclic esters (lactones) is 1. The first-order valence-corrected chi connectivity index (χ1v) is 6.74. The van der Waals surface area contributed by atoms with E-state index in [2.05, 4.69) is 12.1 Å². The Labute approximate surface area is 126 Å². The second kappa shape index (κ2) is 8.25. The van der Waals surface area contributed by atoms with Crippen molar-refractivity contribution in [3.8, 4) is 0 Å². The fraction of sp³-hybridized carbons (Fsp3) is 0.533. The Balaban J connectivity index is 0.00000200. The first kappa shape index (κ1) is 17.0. The smallest absolute Gasteiger partial charge is 0.323 e. The Morgan fingerprint density at radius 2 is 2.00 bits per heavy atom. The van der Waals surface area contributed by atoms with Gasteiger partial charge in [-0.05, 0) is 25.3 Å². The van der Waals surface area contributed by atoms with E-state index in [0.29, 0.717) is 19.6 Å². The third kappa shape index (κ3) is 4.78. The quantitative estimate of drug-likeness (QED) is 0.848. The van der Waals surface area contributed by atoms with E-state index in [-0.39, 0.29) is 30.4 Å². The van der Waals surface area contributed by atoms with Crippen LogP contribution < -0.4 is 5.73 Å². The summed E-state index contributed by atoms with van der Waals surface area (Å²) < 4.78 is 11.0. The molecule has 1 aliphatic heterocycles. The van der Waals surface area contributed by atoms with Gasteiger partial charge in [-0.1, -0.05) is 30.3 Å². The van der Waals surface area contributed by atoms with Gasteiger partial charge < -0.3 is 15.2 Å². The fourth-order valence-corrected chi connectivity index (χ4v) is 2.21. The van der Waals surface area contributed by atoms with Gasteiger partial charge in [-0.3, -0.25) is 4.79 Å². The average Bonchev–Trinajstić information content (AvgIpc) is 2.46. The number of carbonyl (C=O) groups is 1. The standard InChI is InChI=1S/C15H21NO3.ClH/c1-11-13(9-12-5-3-2-4-6-12)10-18-8-7-14(16)15(17)19-11;/h2-6,11,13-14H,7-10,16H2,1H3;1H/t11-,13+,14-;/m0./s1. The van der Waals surface area contributed by atoms with Crippen LogP contribution in [0.3, 0.4) is 0 Å². The molecule has 0 radical (unpaired) electrons. The van der Waals surface area contributed by atoms with Gasteiger partial charge in [0.1, 0.15) is 12.1 Å². The molecule has 0 unspecified atom stereocenters. The maximum absolute atomic E-state index is 11.7. The van der Waals surface area contributed by atoms with Gasteiger partial charge in [-0.15, -0.1) is 12.4 Å². The SMILES string of the molecule is C[C@@H]1OC(=O)[C@@H](N)CCOC[C@H]1Cc1ccccc1.Cl. The number of esters is 1. The number of carbonyl (C=O) groups excluding carboxylic acids is 1. The Morgan fingerprint density at radius 1 is 1.30 bits per heavy atom. The molecule has 0 aromatic heterocycles. The number of rotatable bonds is 2. The van der Waals surface area contributed by atoms with Crippen LogP contribution in [0.5, 0.6) is 0 Å². The lowest BCUT2D eigenvalue weighted by Crippen LogP contribution is -2.36. The van der Waals surface area contributed by atoms with E-state index in [1.165, 1.54) is 5.56 Å². The molecule has 4 nitrogen and oxygen atoms in total. The van der Waals surface area contributed by atoms with Crippen molar-refractivity contribution in [2.45, 2.75) is 31.9 Å². The van der Waals surface area contributed by atoms with Crippen LogP contribution in [0.15, 0.2) is 30.3 Å². The molecule has 1 saturated heterocycles. The molecule has 20 heavy (non-hydrogen) atoms. The van der Waals surface area contributed by atoms with Crippen LogP contribution in [0.4, 0.5) is 0 Å². The predicted molar refractivity (Wildman–Crippen MR) is 79.8 cm³/mol. The summed E-state index contributed by atoms with van der Waals surface area (Å²) in [4.78, 5) is 11.7. The lowest BCUT2D eigenvalue weighted by molar-refractivity contribution is -0.152. The van der Waals surface area contributed by atoms with E-state index >= 15 is 0 Å². The number of hydrogen-bond donors (Lipinski definition) is 1. The van der Waals surface area contributed by atoms with Gasteiger partial charge in [0.05, 0.1) is 6.61 Å². The summed E-state index contributed by atoms with van der Waals surface area (Å²) >= 11 is 0. The summed E-state index contributed by atoms with van der Waals surface area (Å²) in [7, 11) is 0. The second-order valence-electron chi connectivity index (χ2n) is 5.06. The van der Waals surface area contributed by atoms with Crippen molar-refractivity contribution in [1.29, 1.82) is 0 Å². The van der Waals surface area contributed by atoms with Gasteiger partial charge in [0.2, 0.25) is 0 Å². The van der Waals surface area contributed by atoms with Crippen molar-refractivity contribution in [1.82, 2.24) is 0 Å². The maximum Gasteiger partial charge on any atom is 0.323 e. The highest BCUT2D eigenvalue weighted by Gasteiger charge is 2.26. The lowest BCUT2D eigenvalue weighted by atomic mass is 9.95. The molecule has 112 valence electrons. The molecule has 0 aliphatic carbocycles. The average molecular weight is 300 g/mol. The molecule has 2 rings (SSSR count). The van der Waals surface area contributed by atoms with Crippen LogP contribution >= 0.6 is 12.4 Å². The summed E-state index contributed by atoms with van der Waals surface area (Å²) in [6.07, 6.45) is 1.17. The van der Waals surface area contributed by atoms with Crippen LogP contribution in [-0.2, 0) is 20.7 Å². The van der Waals surface area contributed by atoms with Crippen LogP contribution in [0.25, 0.3) is 0 Å². The first-order valence-electron chi connectivity index (χ1n) is 6.74. The first-order chi connectivity index (χ1) is 9.16. The Hall–Kier alpha value is -1.10. The maximum atomic E-state index is 11.7. The minimum Gasteiger partial charge on any atom is -0.461 e. The van der Waals surface area contributed by atoms with Crippen molar-refractivity contribution in [2.24, 2.45) is 11.7 Å². The zero-order valence-electron chi connectivity index (χ0n) is 11.7. The van der Waals surface area contributed by atoms with Crippen molar-refractivity contribution < 1.29 is 14.3 Å².